The van der Waals surface area contributed by atoms with Crippen LogP contribution in [0.5, 0.6) is 5.75 Å². The van der Waals surface area contributed by atoms with Gasteiger partial charge in [0.25, 0.3) is 0 Å². The van der Waals surface area contributed by atoms with Crippen LogP contribution in [-0.4, -0.2) is 53.6 Å². The molecule has 1 heterocycles. The van der Waals surface area contributed by atoms with Crippen LogP contribution in [0, 0.1) is 6.92 Å². The van der Waals surface area contributed by atoms with Crippen LogP contribution in [0.4, 0.5) is 0 Å². The molecular formula is C14H25N3O. The molecule has 0 aromatic carbocycles. The monoisotopic (exact) mass is 251 g/mol. The van der Waals surface area contributed by atoms with Gasteiger partial charge in [-0.2, -0.15) is 0 Å². The van der Waals surface area contributed by atoms with E-state index in [1.165, 1.54) is 0 Å². The molecule has 4 heteroatoms. The summed E-state index contributed by atoms with van der Waals surface area (Å²) in [6, 6.07) is 3.56. The molecule has 102 valence electrons. The summed E-state index contributed by atoms with van der Waals surface area (Å²) in [6.45, 7) is 7.90. The van der Waals surface area contributed by atoms with Crippen molar-refractivity contribution in [2.24, 2.45) is 0 Å². The van der Waals surface area contributed by atoms with Gasteiger partial charge in [-0.25, -0.2) is 0 Å². The third-order valence-corrected chi connectivity index (χ3v) is 2.99. The number of aromatic hydroxyl groups is 1. The lowest BCUT2D eigenvalue weighted by Gasteiger charge is -2.21. The molecule has 0 unspecified atom stereocenters. The van der Waals surface area contributed by atoms with E-state index < -0.39 is 0 Å². The van der Waals surface area contributed by atoms with E-state index in [1.54, 1.807) is 6.07 Å². The number of hydrogen-bond donors (Lipinski definition) is 1. The highest BCUT2D eigenvalue weighted by Gasteiger charge is 2.09. The van der Waals surface area contributed by atoms with Crippen molar-refractivity contribution in [2.45, 2.75) is 26.8 Å². The molecule has 1 N–H and O–H groups in total. The van der Waals surface area contributed by atoms with Crippen molar-refractivity contribution in [3.63, 3.8) is 0 Å². The Hall–Kier alpha value is -1.13. The van der Waals surface area contributed by atoms with Gasteiger partial charge in [0.05, 0.1) is 5.69 Å². The van der Waals surface area contributed by atoms with E-state index >= 15 is 0 Å². The van der Waals surface area contributed by atoms with Crippen LogP contribution in [-0.2, 0) is 6.54 Å². The lowest BCUT2D eigenvalue weighted by Crippen LogP contribution is -2.27. The van der Waals surface area contributed by atoms with Gasteiger partial charge in [0.2, 0.25) is 0 Å². The van der Waals surface area contributed by atoms with Crippen LogP contribution in [0.1, 0.15) is 24.7 Å². The van der Waals surface area contributed by atoms with E-state index in [0.29, 0.717) is 5.75 Å². The van der Waals surface area contributed by atoms with Crippen molar-refractivity contribution < 1.29 is 5.11 Å². The zero-order chi connectivity index (χ0) is 13.5. The molecule has 0 aliphatic heterocycles. The van der Waals surface area contributed by atoms with Crippen molar-refractivity contribution in [1.29, 1.82) is 0 Å². The van der Waals surface area contributed by atoms with Crippen LogP contribution in [0.15, 0.2) is 12.1 Å². The molecule has 1 rings (SSSR count). The number of rotatable bonds is 7. The van der Waals surface area contributed by atoms with Gasteiger partial charge >= 0.3 is 0 Å². The molecule has 0 saturated heterocycles. The van der Waals surface area contributed by atoms with Gasteiger partial charge < -0.3 is 10.0 Å². The molecular weight excluding hydrogens is 226 g/mol. The third-order valence-electron chi connectivity index (χ3n) is 2.99. The summed E-state index contributed by atoms with van der Waals surface area (Å²) in [6.07, 6.45) is 1.13. The Kier molecular flexibility index (Phi) is 6.09. The Morgan fingerprint density at radius 1 is 1.22 bits per heavy atom. The first-order valence-electron chi connectivity index (χ1n) is 6.55. The molecule has 0 saturated carbocycles. The quantitative estimate of drug-likeness (QED) is 0.803. The second-order valence-electron chi connectivity index (χ2n) is 4.94. The summed E-state index contributed by atoms with van der Waals surface area (Å²) in [5, 5.41) is 9.80. The number of aryl methyl sites for hydroxylation is 1. The summed E-state index contributed by atoms with van der Waals surface area (Å²) >= 11 is 0. The molecule has 0 fully saturated rings. The fourth-order valence-electron chi connectivity index (χ4n) is 1.89. The summed E-state index contributed by atoms with van der Waals surface area (Å²) < 4.78 is 0. The van der Waals surface area contributed by atoms with E-state index in [-0.39, 0.29) is 0 Å². The zero-order valence-electron chi connectivity index (χ0n) is 12.0. The first-order valence-corrected chi connectivity index (χ1v) is 6.55. The Bertz CT molecular complexity index is 366. The fraction of sp³-hybridized carbons (Fsp3) is 0.643. The van der Waals surface area contributed by atoms with Crippen molar-refractivity contribution in [3.05, 3.63) is 23.5 Å². The average Bonchev–Trinajstić information content (AvgIpc) is 2.32. The predicted octanol–water partition coefficient (Wildman–Crippen LogP) is 1.87. The lowest BCUT2D eigenvalue weighted by molar-refractivity contribution is 0.253. The molecule has 0 bridgehead atoms. The maximum absolute atomic E-state index is 9.80. The Morgan fingerprint density at radius 2 is 1.94 bits per heavy atom. The third kappa shape index (κ3) is 5.02. The molecule has 0 aliphatic carbocycles. The highest BCUT2D eigenvalue weighted by molar-refractivity contribution is 5.27. The van der Waals surface area contributed by atoms with E-state index in [9.17, 15) is 5.11 Å². The largest absolute Gasteiger partial charge is 0.506 e. The zero-order valence-corrected chi connectivity index (χ0v) is 12.0. The highest BCUT2D eigenvalue weighted by atomic mass is 16.3. The molecule has 0 radical (unpaired) electrons. The summed E-state index contributed by atoms with van der Waals surface area (Å²) in [4.78, 5) is 8.90. The van der Waals surface area contributed by atoms with Gasteiger partial charge in [0.1, 0.15) is 5.75 Å². The number of pyridine rings is 1. The van der Waals surface area contributed by atoms with E-state index in [2.05, 4.69) is 35.8 Å². The Balaban J connectivity index is 2.54. The maximum atomic E-state index is 9.80. The summed E-state index contributed by atoms with van der Waals surface area (Å²) in [7, 11) is 4.18. The SMILES string of the molecule is CCN(CCCN(C)C)Cc1nc(C)ccc1O. The Labute approximate surface area is 110 Å². The van der Waals surface area contributed by atoms with E-state index in [0.717, 1.165) is 44.0 Å². The van der Waals surface area contributed by atoms with Crippen LogP contribution in [0.2, 0.25) is 0 Å². The molecule has 18 heavy (non-hydrogen) atoms. The van der Waals surface area contributed by atoms with Crippen LogP contribution in [0.25, 0.3) is 0 Å². The van der Waals surface area contributed by atoms with Crippen molar-refractivity contribution in [2.75, 3.05) is 33.7 Å². The second-order valence-corrected chi connectivity index (χ2v) is 4.94. The first kappa shape index (κ1) is 14.9. The minimum Gasteiger partial charge on any atom is -0.506 e. The average molecular weight is 251 g/mol. The summed E-state index contributed by atoms with van der Waals surface area (Å²) in [5.74, 6) is 0.298. The normalized spacial score (nSPS) is 11.4. The smallest absolute Gasteiger partial charge is 0.138 e. The highest BCUT2D eigenvalue weighted by Crippen LogP contribution is 2.16. The van der Waals surface area contributed by atoms with Gasteiger partial charge in [-0.15, -0.1) is 0 Å². The number of hydrogen-bond acceptors (Lipinski definition) is 4. The summed E-state index contributed by atoms with van der Waals surface area (Å²) in [5.41, 5.74) is 1.73. The van der Waals surface area contributed by atoms with Crippen LogP contribution in [0.3, 0.4) is 0 Å². The fourth-order valence-corrected chi connectivity index (χ4v) is 1.89. The minimum atomic E-state index is 0.298. The van der Waals surface area contributed by atoms with Gasteiger partial charge in [-0.05, 0) is 59.2 Å². The molecule has 4 nitrogen and oxygen atoms in total. The van der Waals surface area contributed by atoms with Crippen molar-refractivity contribution in [3.8, 4) is 5.75 Å². The van der Waals surface area contributed by atoms with Gasteiger partial charge in [0, 0.05) is 12.2 Å². The van der Waals surface area contributed by atoms with Crippen molar-refractivity contribution >= 4 is 0 Å². The first-order chi connectivity index (χ1) is 8.52. The minimum absolute atomic E-state index is 0.298. The van der Waals surface area contributed by atoms with Crippen molar-refractivity contribution in [1.82, 2.24) is 14.8 Å². The molecule has 0 atom stereocenters. The van der Waals surface area contributed by atoms with Gasteiger partial charge in [-0.3, -0.25) is 9.88 Å². The topological polar surface area (TPSA) is 39.6 Å². The molecule has 0 aliphatic rings. The van der Waals surface area contributed by atoms with Crippen LogP contribution >= 0.6 is 0 Å². The predicted molar refractivity (Wildman–Crippen MR) is 74.8 cm³/mol. The van der Waals surface area contributed by atoms with E-state index in [1.807, 2.05) is 13.0 Å². The van der Waals surface area contributed by atoms with Gasteiger partial charge in [-0.1, -0.05) is 6.92 Å². The standard InChI is InChI=1S/C14H25N3O/c1-5-17(10-6-9-16(3)4)11-13-14(18)8-7-12(2)15-13/h7-8,18H,5-6,9-11H2,1-4H3. The number of nitrogens with zero attached hydrogens (tertiary/aromatic N) is 3. The molecule has 1 aromatic heterocycles. The van der Waals surface area contributed by atoms with Crippen LogP contribution < -0.4 is 0 Å². The molecule has 0 amide bonds. The second kappa shape index (κ2) is 7.34. The Morgan fingerprint density at radius 3 is 2.56 bits per heavy atom. The molecule has 0 spiro atoms. The van der Waals surface area contributed by atoms with E-state index in [4.69, 9.17) is 0 Å². The van der Waals surface area contributed by atoms with Gasteiger partial charge in [0.15, 0.2) is 0 Å². The maximum Gasteiger partial charge on any atom is 0.138 e. The molecule has 1 aromatic rings. The lowest BCUT2D eigenvalue weighted by atomic mass is 10.2. The number of aromatic nitrogens is 1.